The fourth-order valence-electron chi connectivity index (χ4n) is 1.49. The van der Waals surface area contributed by atoms with Crippen LogP contribution in [0, 0.1) is 6.92 Å². The minimum atomic E-state index is -4.62. The van der Waals surface area contributed by atoms with Crippen LogP contribution in [0.1, 0.15) is 11.4 Å². The molecule has 7 heteroatoms. The van der Waals surface area contributed by atoms with Gasteiger partial charge >= 0.3 is 6.18 Å². The number of nitrogen functional groups attached to an aromatic ring is 1. The third kappa shape index (κ3) is 2.39. The molecule has 2 aromatic rings. The molecule has 94 valence electrons. The Morgan fingerprint density at radius 3 is 2.56 bits per heavy atom. The smallest absolute Gasteiger partial charge is 0.384 e. The minimum absolute atomic E-state index is 0.134. The molecule has 0 aromatic carbocycles. The van der Waals surface area contributed by atoms with Crippen LogP contribution in [0.3, 0.4) is 0 Å². The molecule has 2 N–H and O–H groups in total. The van der Waals surface area contributed by atoms with Crippen molar-refractivity contribution in [3.8, 4) is 11.3 Å². The lowest BCUT2D eigenvalue weighted by Gasteiger charge is -2.09. The van der Waals surface area contributed by atoms with Crippen molar-refractivity contribution in [3.63, 3.8) is 0 Å². The number of anilines is 1. The van der Waals surface area contributed by atoms with Crippen molar-refractivity contribution in [3.05, 3.63) is 35.9 Å². The molecule has 18 heavy (non-hydrogen) atoms. The summed E-state index contributed by atoms with van der Waals surface area (Å²) < 4.78 is 37.7. The standard InChI is InChI=1S/C11H9F3N4/c1-6-5-16-3-2-7(6)8-4-9(15)18-10(17-8)11(12,13)14/h2-5H,1H3,(H2,15,17,18). The number of nitrogens with zero attached hydrogens (tertiary/aromatic N) is 3. The Morgan fingerprint density at radius 1 is 1.22 bits per heavy atom. The van der Waals surface area contributed by atoms with Crippen molar-refractivity contribution >= 4 is 5.82 Å². The lowest BCUT2D eigenvalue weighted by Crippen LogP contribution is -2.13. The number of pyridine rings is 1. The molecular formula is C11H9F3N4. The summed E-state index contributed by atoms with van der Waals surface area (Å²) in [6.45, 7) is 1.73. The maximum Gasteiger partial charge on any atom is 0.451 e. The first-order valence-corrected chi connectivity index (χ1v) is 5.00. The van der Waals surface area contributed by atoms with E-state index in [1.165, 1.54) is 12.3 Å². The quantitative estimate of drug-likeness (QED) is 0.848. The Balaban J connectivity index is 2.60. The topological polar surface area (TPSA) is 64.7 Å². The van der Waals surface area contributed by atoms with E-state index in [2.05, 4.69) is 15.0 Å². The largest absolute Gasteiger partial charge is 0.451 e. The van der Waals surface area contributed by atoms with Crippen molar-refractivity contribution < 1.29 is 13.2 Å². The Morgan fingerprint density at radius 2 is 1.94 bits per heavy atom. The zero-order valence-electron chi connectivity index (χ0n) is 9.36. The summed E-state index contributed by atoms with van der Waals surface area (Å²) >= 11 is 0. The van der Waals surface area contributed by atoms with Gasteiger partial charge in [0.1, 0.15) is 5.82 Å². The molecule has 0 atom stereocenters. The lowest BCUT2D eigenvalue weighted by atomic mass is 10.1. The van der Waals surface area contributed by atoms with Gasteiger partial charge in [-0.05, 0) is 18.6 Å². The van der Waals surface area contributed by atoms with Gasteiger partial charge in [-0.25, -0.2) is 9.97 Å². The second kappa shape index (κ2) is 4.25. The molecule has 0 aliphatic rings. The molecule has 0 aliphatic carbocycles. The van der Waals surface area contributed by atoms with E-state index in [4.69, 9.17) is 5.73 Å². The number of rotatable bonds is 1. The third-order valence-corrected chi connectivity index (χ3v) is 2.30. The predicted octanol–water partition coefficient (Wildman–Crippen LogP) is 2.45. The zero-order valence-corrected chi connectivity index (χ0v) is 9.36. The highest BCUT2D eigenvalue weighted by Gasteiger charge is 2.35. The second-order valence-electron chi connectivity index (χ2n) is 3.69. The molecule has 4 nitrogen and oxygen atoms in total. The van der Waals surface area contributed by atoms with Crippen LogP contribution < -0.4 is 5.73 Å². The summed E-state index contributed by atoms with van der Waals surface area (Å²) in [7, 11) is 0. The summed E-state index contributed by atoms with van der Waals surface area (Å²) in [6, 6.07) is 2.88. The van der Waals surface area contributed by atoms with Crippen molar-refractivity contribution in [2.24, 2.45) is 0 Å². The van der Waals surface area contributed by atoms with Crippen LogP contribution in [0.5, 0.6) is 0 Å². The van der Waals surface area contributed by atoms with Gasteiger partial charge in [0, 0.05) is 24.0 Å². The van der Waals surface area contributed by atoms with Gasteiger partial charge in [-0.2, -0.15) is 13.2 Å². The van der Waals surface area contributed by atoms with Crippen LogP contribution in [0.15, 0.2) is 24.5 Å². The van der Waals surface area contributed by atoms with Crippen LogP contribution in [-0.2, 0) is 6.18 Å². The lowest BCUT2D eigenvalue weighted by molar-refractivity contribution is -0.144. The molecule has 2 aromatic heterocycles. The average Bonchev–Trinajstić information content (AvgIpc) is 2.27. The normalized spacial score (nSPS) is 11.6. The molecule has 0 bridgehead atoms. The number of hydrogen-bond acceptors (Lipinski definition) is 4. The van der Waals surface area contributed by atoms with Gasteiger partial charge in [0.05, 0.1) is 5.69 Å². The van der Waals surface area contributed by atoms with E-state index in [-0.39, 0.29) is 11.5 Å². The van der Waals surface area contributed by atoms with Crippen molar-refractivity contribution in [1.82, 2.24) is 15.0 Å². The van der Waals surface area contributed by atoms with Gasteiger partial charge in [0.15, 0.2) is 0 Å². The highest BCUT2D eigenvalue weighted by atomic mass is 19.4. The Labute approximate surface area is 101 Å². The average molecular weight is 254 g/mol. The summed E-state index contributed by atoms with van der Waals surface area (Å²) in [4.78, 5) is 10.5. The van der Waals surface area contributed by atoms with Crippen LogP contribution in [0.25, 0.3) is 11.3 Å². The number of alkyl halides is 3. The summed E-state index contributed by atoms with van der Waals surface area (Å²) in [6.07, 6.45) is -1.60. The van der Waals surface area contributed by atoms with E-state index in [1.807, 2.05) is 0 Å². The predicted molar refractivity (Wildman–Crippen MR) is 59.4 cm³/mol. The molecule has 0 saturated carbocycles. The number of aryl methyl sites for hydroxylation is 1. The van der Waals surface area contributed by atoms with Gasteiger partial charge in [-0.1, -0.05) is 0 Å². The Hall–Kier alpha value is -2.18. The van der Waals surface area contributed by atoms with Crippen LogP contribution in [0.2, 0.25) is 0 Å². The zero-order chi connectivity index (χ0) is 13.3. The highest BCUT2D eigenvalue weighted by molar-refractivity contribution is 5.64. The number of hydrogen-bond donors (Lipinski definition) is 1. The molecule has 0 radical (unpaired) electrons. The minimum Gasteiger partial charge on any atom is -0.384 e. The first-order chi connectivity index (χ1) is 8.38. The first-order valence-electron chi connectivity index (χ1n) is 5.00. The van der Waals surface area contributed by atoms with Crippen molar-refractivity contribution in [1.29, 1.82) is 0 Å². The molecule has 0 fully saturated rings. The van der Waals surface area contributed by atoms with E-state index in [9.17, 15) is 13.2 Å². The van der Waals surface area contributed by atoms with Gasteiger partial charge in [0.25, 0.3) is 0 Å². The fourth-order valence-corrected chi connectivity index (χ4v) is 1.49. The first kappa shape index (κ1) is 12.3. The maximum atomic E-state index is 12.6. The summed E-state index contributed by atoms with van der Waals surface area (Å²) in [5, 5.41) is 0. The van der Waals surface area contributed by atoms with Gasteiger partial charge in [-0.15, -0.1) is 0 Å². The number of aromatic nitrogens is 3. The highest BCUT2D eigenvalue weighted by Crippen LogP contribution is 2.29. The molecule has 0 spiro atoms. The summed E-state index contributed by atoms with van der Waals surface area (Å²) in [5.74, 6) is -1.46. The summed E-state index contributed by atoms with van der Waals surface area (Å²) in [5.41, 5.74) is 6.77. The van der Waals surface area contributed by atoms with E-state index in [0.29, 0.717) is 11.1 Å². The Bertz CT molecular complexity index is 581. The molecule has 0 saturated heterocycles. The van der Waals surface area contributed by atoms with Crippen LogP contribution in [-0.4, -0.2) is 15.0 Å². The Kier molecular flexibility index (Phi) is 2.90. The molecule has 2 heterocycles. The monoisotopic (exact) mass is 254 g/mol. The molecule has 2 rings (SSSR count). The fraction of sp³-hybridized carbons (Fsp3) is 0.182. The molecule has 0 unspecified atom stereocenters. The molecule has 0 aliphatic heterocycles. The number of nitrogens with two attached hydrogens (primary N) is 1. The van der Waals surface area contributed by atoms with Gasteiger partial charge in [0.2, 0.25) is 5.82 Å². The van der Waals surface area contributed by atoms with Crippen molar-refractivity contribution in [2.75, 3.05) is 5.73 Å². The van der Waals surface area contributed by atoms with Gasteiger partial charge < -0.3 is 5.73 Å². The van der Waals surface area contributed by atoms with Crippen LogP contribution >= 0.6 is 0 Å². The molecular weight excluding hydrogens is 245 g/mol. The second-order valence-corrected chi connectivity index (χ2v) is 3.69. The maximum absolute atomic E-state index is 12.6. The van der Waals surface area contributed by atoms with E-state index >= 15 is 0 Å². The van der Waals surface area contributed by atoms with E-state index in [1.54, 1.807) is 19.2 Å². The van der Waals surface area contributed by atoms with Gasteiger partial charge in [-0.3, -0.25) is 4.98 Å². The van der Waals surface area contributed by atoms with Crippen molar-refractivity contribution in [2.45, 2.75) is 13.1 Å². The van der Waals surface area contributed by atoms with E-state index in [0.717, 1.165) is 0 Å². The molecule has 0 amide bonds. The number of halogens is 3. The van der Waals surface area contributed by atoms with E-state index < -0.39 is 12.0 Å². The SMILES string of the molecule is Cc1cnccc1-c1cc(N)nc(C(F)(F)F)n1. The third-order valence-electron chi connectivity index (χ3n) is 2.30. The van der Waals surface area contributed by atoms with Crippen LogP contribution in [0.4, 0.5) is 19.0 Å².